The number of rotatable bonds is 4. The number of halogens is 1. The van der Waals surface area contributed by atoms with Gasteiger partial charge >= 0.3 is 0 Å². The van der Waals surface area contributed by atoms with Gasteiger partial charge in [0.15, 0.2) is 5.78 Å². The van der Waals surface area contributed by atoms with Crippen molar-refractivity contribution in [3.05, 3.63) is 76.8 Å². The standard InChI is InChI=1S/C17H15ClO/c1-2-13(14-6-4-3-5-7-14)12-17(19)15-8-10-16(18)11-9-15/h3-12H,2H2,1H3/b13-12+. The van der Waals surface area contributed by atoms with E-state index < -0.39 is 0 Å². The minimum absolute atomic E-state index is 0.0115. The number of benzene rings is 2. The molecular weight excluding hydrogens is 256 g/mol. The van der Waals surface area contributed by atoms with Gasteiger partial charge in [-0.05, 0) is 47.9 Å². The minimum atomic E-state index is 0.0115. The Morgan fingerprint density at radius 1 is 1.00 bits per heavy atom. The summed E-state index contributed by atoms with van der Waals surface area (Å²) in [6.07, 6.45) is 2.53. The third-order valence-corrected chi connectivity index (χ3v) is 3.21. The molecule has 0 fully saturated rings. The Bertz CT molecular complexity index is 582. The molecular formula is C17H15ClO. The first-order valence-electron chi connectivity index (χ1n) is 6.26. The molecule has 1 nitrogen and oxygen atoms in total. The molecule has 0 saturated carbocycles. The molecule has 0 N–H and O–H groups in total. The zero-order valence-corrected chi connectivity index (χ0v) is 11.5. The molecule has 0 aromatic heterocycles. The predicted octanol–water partition coefficient (Wildman–Crippen LogP) is 5.02. The van der Waals surface area contributed by atoms with Crippen molar-refractivity contribution in [2.75, 3.05) is 0 Å². The first-order chi connectivity index (χ1) is 9.20. The maximum absolute atomic E-state index is 12.2. The zero-order chi connectivity index (χ0) is 13.7. The molecule has 0 heterocycles. The van der Waals surface area contributed by atoms with E-state index in [1.165, 1.54) is 0 Å². The van der Waals surface area contributed by atoms with Crippen molar-refractivity contribution < 1.29 is 4.79 Å². The molecule has 2 heteroatoms. The molecule has 0 radical (unpaired) electrons. The highest BCUT2D eigenvalue weighted by Crippen LogP contribution is 2.19. The van der Waals surface area contributed by atoms with Gasteiger partial charge in [0.1, 0.15) is 0 Å². The van der Waals surface area contributed by atoms with Gasteiger partial charge in [-0.15, -0.1) is 0 Å². The van der Waals surface area contributed by atoms with Crippen molar-refractivity contribution in [3.63, 3.8) is 0 Å². The Balaban J connectivity index is 2.28. The second kappa shape index (κ2) is 6.35. The predicted molar refractivity (Wildman–Crippen MR) is 80.5 cm³/mol. The van der Waals surface area contributed by atoms with Crippen molar-refractivity contribution in [1.82, 2.24) is 0 Å². The van der Waals surface area contributed by atoms with Crippen molar-refractivity contribution >= 4 is 23.0 Å². The Kier molecular flexibility index (Phi) is 4.53. The van der Waals surface area contributed by atoms with Crippen LogP contribution in [0.15, 0.2) is 60.7 Å². The summed E-state index contributed by atoms with van der Waals surface area (Å²) in [5, 5.41) is 0.638. The molecule has 0 amide bonds. The lowest BCUT2D eigenvalue weighted by Crippen LogP contribution is -1.96. The third-order valence-electron chi connectivity index (χ3n) is 2.96. The van der Waals surface area contributed by atoms with Gasteiger partial charge in [0.05, 0.1) is 0 Å². The maximum atomic E-state index is 12.2. The lowest BCUT2D eigenvalue weighted by Gasteiger charge is -2.04. The largest absolute Gasteiger partial charge is 0.289 e. The molecule has 0 spiro atoms. The Morgan fingerprint density at radius 2 is 1.63 bits per heavy atom. The van der Waals surface area contributed by atoms with E-state index >= 15 is 0 Å². The van der Waals surface area contributed by atoms with Crippen LogP contribution in [0.5, 0.6) is 0 Å². The molecule has 0 unspecified atom stereocenters. The third kappa shape index (κ3) is 3.55. The number of carbonyl (C=O) groups is 1. The summed E-state index contributed by atoms with van der Waals surface area (Å²) >= 11 is 5.82. The Hall–Kier alpha value is -1.86. The Morgan fingerprint density at radius 3 is 2.21 bits per heavy atom. The normalized spacial score (nSPS) is 11.4. The van der Waals surface area contributed by atoms with Crippen LogP contribution in [0.3, 0.4) is 0 Å². The van der Waals surface area contributed by atoms with E-state index in [1.54, 1.807) is 30.3 Å². The van der Waals surface area contributed by atoms with Crippen LogP contribution in [0, 0.1) is 0 Å². The summed E-state index contributed by atoms with van der Waals surface area (Å²) in [5.74, 6) is 0.0115. The van der Waals surface area contributed by atoms with Crippen molar-refractivity contribution in [2.24, 2.45) is 0 Å². The van der Waals surface area contributed by atoms with Crippen molar-refractivity contribution in [3.8, 4) is 0 Å². The first-order valence-corrected chi connectivity index (χ1v) is 6.64. The highest BCUT2D eigenvalue weighted by atomic mass is 35.5. The number of carbonyl (C=O) groups excluding carboxylic acids is 1. The number of hydrogen-bond donors (Lipinski definition) is 0. The van der Waals surface area contributed by atoms with Crippen LogP contribution < -0.4 is 0 Å². The fourth-order valence-corrected chi connectivity index (χ4v) is 2.02. The number of allylic oxidation sites excluding steroid dienone is 2. The van der Waals surface area contributed by atoms with Gasteiger partial charge in [0.2, 0.25) is 0 Å². The van der Waals surface area contributed by atoms with Gasteiger partial charge in [-0.1, -0.05) is 48.9 Å². The molecule has 0 aliphatic rings. The fourth-order valence-electron chi connectivity index (χ4n) is 1.90. The quantitative estimate of drug-likeness (QED) is 0.563. The van der Waals surface area contributed by atoms with Gasteiger partial charge in [-0.2, -0.15) is 0 Å². The molecule has 0 bridgehead atoms. The fraction of sp³-hybridized carbons (Fsp3) is 0.118. The van der Waals surface area contributed by atoms with Crippen LogP contribution in [0.2, 0.25) is 5.02 Å². The molecule has 0 atom stereocenters. The van der Waals surface area contributed by atoms with Crippen LogP contribution >= 0.6 is 11.6 Å². The zero-order valence-electron chi connectivity index (χ0n) is 10.8. The molecule has 0 aliphatic carbocycles. The van der Waals surface area contributed by atoms with E-state index in [2.05, 4.69) is 0 Å². The molecule has 2 rings (SSSR count). The highest BCUT2D eigenvalue weighted by molar-refractivity contribution is 6.30. The summed E-state index contributed by atoms with van der Waals surface area (Å²) < 4.78 is 0. The molecule has 0 aliphatic heterocycles. The SMILES string of the molecule is CC/C(=C\C(=O)c1ccc(Cl)cc1)c1ccccc1. The summed E-state index contributed by atoms with van der Waals surface area (Å²) in [7, 11) is 0. The van der Waals surface area contributed by atoms with E-state index in [9.17, 15) is 4.79 Å². The first kappa shape index (κ1) is 13.6. The monoisotopic (exact) mass is 270 g/mol. The minimum Gasteiger partial charge on any atom is -0.289 e. The van der Waals surface area contributed by atoms with Gasteiger partial charge in [0.25, 0.3) is 0 Å². The van der Waals surface area contributed by atoms with E-state index in [0.717, 1.165) is 17.6 Å². The molecule has 96 valence electrons. The molecule has 19 heavy (non-hydrogen) atoms. The highest BCUT2D eigenvalue weighted by Gasteiger charge is 2.05. The van der Waals surface area contributed by atoms with Crippen molar-refractivity contribution in [1.29, 1.82) is 0 Å². The Labute approximate surface area is 118 Å². The topological polar surface area (TPSA) is 17.1 Å². The molecule has 0 saturated heterocycles. The van der Waals surface area contributed by atoms with Crippen molar-refractivity contribution in [2.45, 2.75) is 13.3 Å². The summed E-state index contributed by atoms with van der Waals surface area (Å²) in [4.78, 5) is 12.2. The molecule has 2 aromatic carbocycles. The molecule has 2 aromatic rings. The maximum Gasteiger partial charge on any atom is 0.186 e. The second-order valence-corrected chi connectivity index (χ2v) is 4.70. The van der Waals surface area contributed by atoms with E-state index in [1.807, 2.05) is 37.3 Å². The van der Waals surface area contributed by atoms with Gasteiger partial charge in [-0.3, -0.25) is 4.79 Å². The average Bonchev–Trinajstić information content (AvgIpc) is 2.46. The summed E-state index contributed by atoms with van der Waals surface area (Å²) in [6.45, 7) is 2.05. The van der Waals surface area contributed by atoms with E-state index in [0.29, 0.717) is 10.6 Å². The summed E-state index contributed by atoms with van der Waals surface area (Å²) in [5.41, 5.74) is 2.79. The van der Waals surface area contributed by atoms with Crippen LogP contribution in [0.4, 0.5) is 0 Å². The summed E-state index contributed by atoms with van der Waals surface area (Å²) in [6, 6.07) is 16.9. The van der Waals surface area contributed by atoms with Gasteiger partial charge in [0, 0.05) is 10.6 Å². The van der Waals surface area contributed by atoms with Gasteiger partial charge < -0.3 is 0 Å². The van der Waals surface area contributed by atoms with Crippen LogP contribution in [-0.4, -0.2) is 5.78 Å². The van der Waals surface area contributed by atoms with E-state index in [-0.39, 0.29) is 5.78 Å². The smallest absolute Gasteiger partial charge is 0.186 e. The lowest BCUT2D eigenvalue weighted by molar-refractivity contribution is 0.104. The van der Waals surface area contributed by atoms with Gasteiger partial charge in [-0.25, -0.2) is 0 Å². The lowest BCUT2D eigenvalue weighted by atomic mass is 10.00. The van der Waals surface area contributed by atoms with Crippen LogP contribution in [0.1, 0.15) is 29.3 Å². The average molecular weight is 271 g/mol. The number of ketones is 1. The second-order valence-electron chi connectivity index (χ2n) is 4.26. The number of hydrogen-bond acceptors (Lipinski definition) is 1. The van der Waals surface area contributed by atoms with Crippen LogP contribution in [0.25, 0.3) is 5.57 Å². The van der Waals surface area contributed by atoms with E-state index in [4.69, 9.17) is 11.6 Å². The van der Waals surface area contributed by atoms with Crippen LogP contribution in [-0.2, 0) is 0 Å².